The molecule has 138 valence electrons. The molecule has 0 radical (unpaired) electrons. The highest BCUT2D eigenvalue weighted by molar-refractivity contribution is 7.18. The van der Waals surface area contributed by atoms with E-state index in [0.717, 1.165) is 34.5 Å². The van der Waals surface area contributed by atoms with Gasteiger partial charge in [0.05, 0.1) is 16.3 Å². The number of piperidine rings is 1. The van der Waals surface area contributed by atoms with Crippen molar-refractivity contribution in [2.24, 2.45) is 0 Å². The normalized spacial score (nSPS) is 17.7. The van der Waals surface area contributed by atoms with Gasteiger partial charge in [-0.1, -0.05) is 18.2 Å². The topological polar surface area (TPSA) is 33.2 Å². The number of fused-ring (bicyclic) bond motifs is 1. The molecule has 27 heavy (non-hydrogen) atoms. The Hall–Kier alpha value is -2.60. The SMILES string of the molecule is O=C(/C=C\c1c(F)cccc1F)N1CCCC[C@@H]1c1nc2ccccc2s1. The molecule has 0 spiro atoms. The number of hydrogen-bond donors (Lipinski definition) is 0. The van der Waals surface area contributed by atoms with Gasteiger partial charge in [-0.05, 0) is 49.6 Å². The van der Waals surface area contributed by atoms with Gasteiger partial charge in [0.25, 0.3) is 0 Å². The average molecular weight is 384 g/mol. The van der Waals surface area contributed by atoms with Gasteiger partial charge in [0.2, 0.25) is 5.91 Å². The van der Waals surface area contributed by atoms with Crippen LogP contribution in [0.2, 0.25) is 0 Å². The summed E-state index contributed by atoms with van der Waals surface area (Å²) in [5.74, 6) is -1.61. The van der Waals surface area contributed by atoms with E-state index < -0.39 is 11.6 Å². The fourth-order valence-corrected chi connectivity index (χ4v) is 4.52. The predicted octanol–water partition coefficient (Wildman–Crippen LogP) is 5.34. The van der Waals surface area contributed by atoms with Crippen LogP contribution in [-0.4, -0.2) is 22.3 Å². The first-order valence-electron chi connectivity index (χ1n) is 8.91. The van der Waals surface area contributed by atoms with Gasteiger partial charge in [0.15, 0.2) is 0 Å². The van der Waals surface area contributed by atoms with E-state index in [-0.39, 0.29) is 17.5 Å². The number of para-hydroxylation sites is 1. The molecule has 1 aliphatic rings. The maximum atomic E-state index is 13.8. The van der Waals surface area contributed by atoms with E-state index in [9.17, 15) is 13.6 Å². The second-order valence-corrected chi connectivity index (χ2v) is 7.59. The van der Waals surface area contributed by atoms with Gasteiger partial charge in [-0.3, -0.25) is 4.79 Å². The molecule has 0 aliphatic carbocycles. The summed E-state index contributed by atoms with van der Waals surface area (Å²) in [5.41, 5.74) is 0.735. The van der Waals surface area contributed by atoms with Gasteiger partial charge >= 0.3 is 0 Å². The van der Waals surface area contributed by atoms with Crippen molar-refractivity contribution in [1.29, 1.82) is 0 Å². The number of hydrogen-bond acceptors (Lipinski definition) is 3. The van der Waals surface area contributed by atoms with Crippen molar-refractivity contribution in [3.8, 4) is 0 Å². The Morgan fingerprint density at radius 3 is 2.67 bits per heavy atom. The molecule has 4 rings (SSSR count). The Morgan fingerprint density at radius 1 is 1.11 bits per heavy atom. The summed E-state index contributed by atoms with van der Waals surface area (Å²) in [6, 6.07) is 11.5. The van der Waals surface area contributed by atoms with Crippen LogP contribution in [0.1, 0.15) is 35.9 Å². The molecule has 0 N–H and O–H groups in total. The number of aromatic nitrogens is 1. The Bertz CT molecular complexity index is 961. The lowest BCUT2D eigenvalue weighted by molar-refractivity contribution is -0.129. The van der Waals surface area contributed by atoms with Gasteiger partial charge in [-0.2, -0.15) is 0 Å². The summed E-state index contributed by atoms with van der Waals surface area (Å²) >= 11 is 1.60. The molecule has 1 saturated heterocycles. The predicted molar refractivity (Wildman–Crippen MR) is 103 cm³/mol. The lowest BCUT2D eigenvalue weighted by Gasteiger charge is -2.33. The van der Waals surface area contributed by atoms with E-state index in [1.165, 1.54) is 30.4 Å². The monoisotopic (exact) mass is 384 g/mol. The fourth-order valence-electron chi connectivity index (χ4n) is 3.40. The zero-order valence-electron chi connectivity index (χ0n) is 14.6. The minimum Gasteiger partial charge on any atom is -0.330 e. The molecule has 0 unspecified atom stereocenters. The first-order chi connectivity index (χ1) is 13.1. The fraction of sp³-hybridized carbons (Fsp3) is 0.238. The summed E-state index contributed by atoms with van der Waals surface area (Å²) in [4.78, 5) is 19.2. The van der Waals surface area contributed by atoms with Gasteiger partial charge in [-0.15, -0.1) is 11.3 Å². The van der Waals surface area contributed by atoms with E-state index >= 15 is 0 Å². The molecule has 2 aromatic carbocycles. The molecular formula is C21H18F2N2OS. The van der Waals surface area contributed by atoms with Crippen LogP contribution in [-0.2, 0) is 4.79 Å². The van der Waals surface area contributed by atoms with Crippen LogP contribution in [0.15, 0.2) is 48.5 Å². The highest BCUT2D eigenvalue weighted by Crippen LogP contribution is 2.35. The van der Waals surface area contributed by atoms with Crippen molar-refractivity contribution in [2.45, 2.75) is 25.3 Å². The molecule has 2 heterocycles. The van der Waals surface area contributed by atoms with Crippen LogP contribution in [0.3, 0.4) is 0 Å². The number of amides is 1. The first kappa shape index (κ1) is 17.8. The van der Waals surface area contributed by atoms with E-state index in [1.54, 1.807) is 16.2 Å². The van der Waals surface area contributed by atoms with Gasteiger partial charge < -0.3 is 4.90 Å². The second-order valence-electron chi connectivity index (χ2n) is 6.53. The smallest absolute Gasteiger partial charge is 0.247 e. The van der Waals surface area contributed by atoms with Crippen LogP contribution < -0.4 is 0 Å². The lowest BCUT2D eigenvalue weighted by atomic mass is 10.0. The molecule has 1 aliphatic heterocycles. The van der Waals surface area contributed by atoms with Crippen molar-refractivity contribution < 1.29 is 13.6 Å². The molecule has 6 heteroatoms. The number of rotatable bonds is 3. The largest absolute Gasteiger partial charge is 0.330 e. The van der Waals surface area contributed by atoms with Gasteiger partial charge in [0, 0.05) is 18.2 Å². The molecule has 0 bridgehead atoms. The van der Waals surface area contributed by atoms with E-state index in [2.05, 4.69) is 0 Å². The minimum absolute atomic E-state index is 0.0984. The number of thiazole rings is 1. The number of benzene rings is 2. The van der Waals surface area contributed by atoms with Crippen LogP contribution in [0, 0.1) is 11.6 Å². The average Bonchev–Trinajstić information content (AvgIpc) is 3.11. The second kappa shape index (κ2) is 7.56. The molecule has 3 aromatic rings. The highest BCUT2D eigenvalue weighted by atomic mass is 32.1. The summed E-state index contributed by atoms with van der Waals surface area (Å²) in [6.45, 7) is 0.615. The summed E-state index contributed by atoms with van der Waals surface area (Å²) in [6.07, 6.45) is 5.25. The number of carbonyl (C=O) groups excluding carboxylic acids is 1. The van der Waals surface area contributed by atoms with Crippen molar-refractivity contribution in [2.75, 3.05) is 6.54 Å². The van der Waals surface area contributed by atoms with E-state index in [4.69, 9.17) is 4.98 Å². The van der Waals surface area contributed by atoms with Gasteiger partial charge in [-0.25, -0.2) is 13.8 Å². The molecule has 1 amide bonds. The summed E-state index contributed by atoms with van der Waals surface area (Å²) in [7, 11) is 0. The third kappa shape index (κ3) is 3.62. The number of carbonyl (C=O) groups is 1. The zero-order chi connectivity index (χ0) is 18.8. The lowest BCUT2D eigenvalue weighted by Crippen LogP contribution is -2.37. The number of nitrogens with zero attached hydrogens (tertiary/aromatic N) is 2. The van der Waals surface area contributed by atoms with Crippen molar-refractivity contribution in [3.63, 3.8) is 0 Å². The maximum absolute atomic E-state index is 13.8. The van der Waals surface area contributed by atoms with E-state index in [0.29, 0.717) is 6.54 Å². The highest BCUT2D eigenvalue weighted by Gasteiger charge is 2.29. The number of likely N-dealkylation sites (tertiary alicyclic amines) is 1. The third-order valence-electron chi connectivity index (χ3n) is 4.77. The Kier molecular flexibility index (Phi) is 4.99. The molecule has 0 saturated carbocycles. The quantitative estimate of drug-likeness (QED) is 0.571. The van der Waals surface area contributed by atoms with Gasteiger partial charge in [0.1, 0.15) is 16.6 Å². The molecule has 3 nitrogen and oxygen atoms in total. The molecule has 1 aromatic heterocycles. The van der Waals surface area contributed by atoms with Crippen molar-refractivity contribution in [1.82, 2.24) is 9.88 Å². The third-order valence-corrected chi connectivity index (χ3v) is 5.91. The molecule has 1 atom stereocenters. The van der Waals surface area contributed by atoms with Crippen LogP contribution in [0.5, 0.6) is 0 Å². The standard InChI is InChI=1S/C21H18F2N2OS/c22-15-6-5-7-16(23)14(15)11-12-20(26)25-13-4-3-9-18(25)21-24-17-8-1-2-10-19(17)27-21/h1-2,5-8,10-12,18H,3-4,9,13H2/b12-11-/t18-/m1/s1. The Balaban J connectivity index is 1.60. The maximum Gasteiger partial charge on any atom is 0.247 e. The van der Waals surface area contributed by atoms with Crippen LogP contribution >= 0.6 is 11.3 Å². The van der Waals surface area contributed by atoms with Crippen molar-refractivity contribution >= 4 is 33.5 Å². The van der Waals surface area contributed by atoms with Crippen LogP contribution in [0.4, 0.5) is 8.78 Å². The Labute approximate surface area is 160 Å². The number of halogens is 2. The first-order valence-corrected chi connectivity index (χ1v) is 9.73. The van der Waals surface area contributed by atoms with Crippen LogP contribution in [0.25, 0.3) is 16.3 Å². The summed E-state index contributed by atoms with van der Waals surface area (Å²) < 4.78 is 28.6. The summed E-state index contributed by atoms with van der Waals surface area (Å²) in [5, 5.41) is 0.912. The molecular weight excluding hydrogens is 366 g/mol. The minimum atomic E-state index is -0.680. The van der Waals surface area contributed by atoms with E-state index in [1.807, 2.05) is 24.3 Å². The van der Waals surface area contributed by atoms with Crippen molar-refractivity contribution in [3.05, 3.63) is 70.7 Å². The zero-order valence-corrected chi connectivity index (χ0v) is 15.4. The Morgan fingerprint density at radius 2 is 1.89 bits per heavy atom. The molecule has 1 fully saturated rings.